The largest absolute Gasteiger partial charge is 0.361 e. The molecule has 3 rings (SSSR count). The number of amides is 3. The first-order valence-corrected chi connectivity index (χ1v) is 11.7. The smallest absolute Gasteiger partial charge is 0.311 e. The van der Waals surface area contributed by atoms with Crippen LogP contribution in [0.4, 0.5) is 18.9 Å². The highest BCUT2D eigenvalue weighted by molar-refractivity contribution is 7.89. The number of aryl methyl sites for hydroxylation is 1. The lowest BCUT2D eigenvalue weighted by atomic mass is 10.1. The summed E-state index contributed by atoms with van der Waals surface area (Å²) in [5, 5.41) is 2.21. The molecule has 14 heteroatoms. The fourth-order valence-electron chi connectivity index (χ4n) is 3.63. The van der Waals surface area contributed by atoms with E-state index in [1.54, 1.807) is 6.92 Å². The Morgan fingerprint density at radius 1 is 1.18 bits per heavy atom. The van der Waals surface area contributed by atoms with Crippen molar-refractivity contribution in [2.24, 2.45) is 5.73 Å². The summed E-state index contributed by atoms with van der Waals surface area (Å²) in [6, 6.07) is 1.72. The quantitative estimate of drug-likeness (QED) is 0.505. The minimum atomic E-state index is -4.48. The summed E-state index contributed by atoms with van der Waals surface area (Å²) in [5.41, 5.74) is 4.21. The zero-order valence-corrected chi connectivity index (χ0v) is 18.8. The van der Waals surface area contributed by atoms with Gasteiger partial charge >= 0.3 is 11.8 Å². The molecular formula is C20H22F3N5O5S. The molecule has 2 aromatic rings. The van der Waals surface area contributed by atoms with Gasteiger partial charge in [-0.25, -0.2) is 26.3 Å². The molecule has 1 atom stereocenters. The van der Waals surface area contributed by atoms with Gasteiger partial charge in [0.2, 0.25) is 10.0 Å². The number of primary amides is 1. The number of benzene rings is 1. The van der Waals surface area contributed by atoms with Gasteiger partial charge in [-0.1, -0.05) is 0 Å². The number of nitrogens with zero attached hydrogens (tertiary/aromatic N) is 2. The number of piperidine rings is 1. The normalized spacial score (nSPS) is 16.4. The van der Waals surface area contributed by atoms with Crippen molar-refractivity contribution in [3.63, 3.8) is 0 Å². The Morgan fingerprint density at radius 3 is 2.50 bits per heavy atom. The SMILES string of the molecule is CCn1cc(S(=O)(=O)N[C@@H]2CCCN(C(=O)C(N)=O)C2)c(F)c1C(=O)Nc1ccc(F)c(F)c1. The number of hydrogen-bond donors (Lipinski definition) is 3. The number of nitrogens with two attached hydrogens (primary N) is 1. The van der Waals surface area contributed by atoms with E-state index in [9.17, 15) is 31.6 Å². The van der Waals surface area contributed by atoms with E-state index in [-0.39, 0.29) is 25.3 Å². The molecule has 1 fully saturated rings. The van der Waals surface area contributed by atoms with E-state index in [0.717, 1.165) is 27.8 Å². The number of nitrogens with one attached hydrogen (secondary N) is 2. The topological polar surface area (TPSA) is 144 Å². The van der Waals surface area contributed by atoms with Crippen LogP contribution in [0.25, 0.3) is 0 Å². The Bertz CT molecular complexity index is 1250. The Balaban J connectivity index is 1.84. The molecule has 1 aliphatic rings. The van der Waals surface area contributed by atoms with E-state index in [0.29, 0.717) is 18.9 Å². The van der Waals surface area contributed by atoms with Gasteiger partial charge < -0.3 is 20.5 Å². The Morgan fingerprint density at radius 2 is 1.88 bits per heavy atom. The number of carbonyl (C=O) groups excluding carboxylic acids is 3. The molecule has 2 heterocycles. The first-order chi connectivity index (χ1) is 15.9. The fourth-order valence-corrected chi connectivity index (χ4v) is 4.99. The first-order valence-electron chi connectivity index (χ1n) is 10.2. The fraction of sp³-hybridized carbons (Fsp3) is 0.350. The van der Waals surface area contributed by atoms with Crippen molar-refractivity contribution >= 4 is 33.4 Å². The van der Waals surface area contributed by atoms with Crippen LogP contribution in [0.3, 0.4) is 0 Å². The Hall–Kier alpha value is -3.39. The highest BCUT2D eigenvalue weighted by atomic mass is 32.2. The molecule has 1 aromatic carbocycles. The van der Waals surface area contributed by atoms with E-state index in [1.165, 1.54) is 0 Å². The molecule has 0 unspecified atom stereocenters. The number of anilines is 1. The third kappa shape index (κ3) is 5.22. The minimum Gasteiger partial charge on any atom is -0.361 e. The van der Waals surface area contributed by atoms with Crippen molar-refractivity contribution in [1.29, 1.82) is 0 Å². The third-order valence-electron chi connectivity index (χ3n) is 5.25. The molecule has 0 bridgehead atoms. The maximum Gasteiger partial charge on any atom is 0.311 e. The summed E-state index contributed by atoms with van der Waals surface area (Å²) in [6.45, 7) is 1.65. The van der Waals surface area contributed by atoms with E-state index in [2.05, 4.69) is 10.0 Å². The van der Waals surface area contributed by atoms with Crippen LogP contribution in [0.2, 0.25) is 0 Å². The molecule has 1 saturated heterocycles. The zero-order valence-electron chi connectivity index (χ0n) is 18.0. The van der Waals surface area contributed by atoms with Crippen LogP contribution in [-0.2, 0) is 26.2 Å². The maximum atomic E-state index is 15.2. The van der Waals surface area contributed by atoms with Crippen LogP contribution in [0, 0.1) is 17.5 Å². The van der Waals surface area contributed by atoms with Gasteiger partial charge in [0, 0.05) is 43.6 Å². The van der Waals surface area contributed by atoms with Gasteiger partial charge in [0.25, 0.3) is 5.91 Å². The maximum absolute atomic E-state index is 15.2. The molecule has 0 aliphatic carbocycles. The van der Waals surface area contributed by atoms with Gasteiger partial charge in [-0.3, -0.25) is 14.4 Å². The number of likely N-dealkylation sites (tertiary alicyclic amines) is 1. The first kappa shape index (κ1) is 25.2. The third-order valence-corrected chi connectivity index (χ3v) is 6.76. The lowest BCUT2D eigenvalue weighted by Gasteiger charge is -2.32. The molecule has 1 aliphatic heterocycles. The molecule has 1 aromatic heterocycles. The average molecular weight is 501 g/mol. The van der Waals surface area contributed by atoms with Crippen LogP contribution in [0.1, 0.15) is 30.3 Å². The van der Waals surface area contributed by atoms with Crippen LogP contribution >= 0.6 is 0 Å². The Labute approximate surface area is 192 Å². The van der Waals surface area contributed by atoms with E-state index >= 15 is 4.39 Å². The van der Waals surface area contributed by atoms with Crippen LogP contribution in [-0.4, -0.2) is 54.7 Å². The molecule has 0 saturated carbocycles. The molecular weight excluding hydrogens is 479 g/mol. The summed E-state index contributed by atoms with van der Waals surface area (Å²) in [6.07, 6.45) is 1.64. The van der Waals surface area contributed by atoms with Gasteiger partial charge in [0.05, 0.1) is 0 Å². The summed E-state index contributed by atoms with van der Waals surface area (Å²) in [7, 11) is -4.48. The molecule has 3 amide bonds. The van der Waals surface area contributed by atoms with Crippen molar-refractivity contribution in [2.45, 2.75) is 37.2 Å². The van der Waals surface area contributed by atoms with Crippen LogP contribution in [0.5, 0.6) is 0 Å². The molecule has 34 heavy (non-hydrogen) atoms. The number of carbonyl (C=O) groups is 3. The summed E-state index contributed by atoms with van der Waals surface area (Å²) >= 11 is 0. The number of hydrogen-bond acceptors (Lipinski definition) is 5. The van der Waals surface area contributed by atoms with Gasteiger partial charge in [0.1, 0.15) is 10.6 Å². The standard InChI is InChI=1S/C20H22F3N5O5S/c1-2-27-10-15(16(23)17(27)19(30)25-11-5-6-13(21)14(22)8-11)34(32,33)26-12-4-3-7-28(9-12)20(31)18(24)29/h5-6,8,10,12,26H,2-4,7,9H2,1H3,(H2,24,29)(H,25,30)/t12-/m1/s1. The number of aromatic nitrogens is 1. The van der Waals surface area contributed by atoms with Gasteiger partial charge in [-0.05, 0) is 31.9 Å². The van der Waals surface area contributed by atoms with E-state index in [1.807, 2.05) is 0 Å². The Kier molecular flexibility index (Phi) is 7.31. The minimum absolute atomic E-state index is 0.0251. The van der Waals surface area contributed by atoms with Crippen molar-refractivity contribution < 1.29 is 36.0 Å². The number of rotatable bonds is 6. The predicted octanol–water partition coefficient (Wildman–Crippen LogP) is 0.932. The summed E-state index contributed by atoms with van der Waals surface area (Å²) < 4.78 is 70.8. The molecule has 0 spiro atoms. The predicted molar refractivity (Wildman–Crippen MR) is 113 cm³/mol. The van der Waals surface area contributed by atoms with Crippen molar-refractivity contribution in [2.75, 3.05) is 18.4 Å². The molecule has 184 valence electrons. The monoisotopic (exact) mass is 501 g/mol. The highest BCUT2D eigenvalue weighted by Gasteiger charge is 2.33. The molecule has 10 nitrogen and oxygen atoms in total. The van der Waals surface area contributed by atoms with Gasteiger partial charge in [-0.2, -0.15) is 0 Å². The summed E-state index contributed by atoms with van der Waals surface area (Å²) in [4.78, 5) is 35.9. The van der Waals surface area contributed by atoms with Crippen molar-refractivity contribution in [1.82, 2.24) is 14.2 Å². The second-order valence-electron chi connectivity index (χ2n) is 7.60. The second kappa shape index (κ2) is 9.85. The second-order valence-corrected chi connectivity index (χ2v) is 9.28. The van der Waals surface area contributed by atoms with Gasteiger partial charge in [0.15, 0.2) is 17.5 Å². The van der Waals surface area contributed by atoms with Crippen LogP contribution in [0.15, 0.2) is 29.3 Å². The van der Waals surface area contributed by atoms with Gasteiger partial charge in [-0.15, -0.1) is 0 Å². The van der Waals surface area contributed by atoms with E-state index < -0.39 is 61.8 Å². The zero-order chi connectivity index (χ0) is 25.2. The molecule has 0 radical (unpaired) electrons. The average Bonchev–Trinajstić information content (AvgIpc) is 3.13. The summed E-state index contributed by atoms with van der Waals surface area (Å²) in [5.74, 6) is -6.90. The number of halogens is 3. The lowest BCUT2D eigenvalue weighted by Crippen LogP contribution is -2.52. The van der Waals surface area contributed by atoms with Crippen LogP contribution < -0.4 is 15.8 Å². The van der Waals surface area contributed by atoms with Crippen molar-refractivity contribution in [3.8, 4) is 0 Å². The highest BCUT2D eigenvalue weighted by Crippen LogP contribution is 2.24. The van der Waals surface area contributed by atoms with E-state index in [4.69, 9.17) is 5.73 Å². The molecule has 4 N–H and O–H groups in total. The van der Waals surface area contributed by atoms with Crippen molar-refractivity contribution in [3.05, 3.63) is 47.5 Å². The number of sulfonamides is 1. The lowest BCUT2D eigenvalue weighted by molar-refractivity contribution is -0.145.